The number of halogens is 3. The summed E-state index contributed by atoms with van der Waals surface area (Å²) in [6.45, 7) is 1.29. The van der Waals surface area contributed by atoms with E-state index in [2.05, 4.69) is 20.4 Å². The van der Waals surface area contributed by atoms with Crippen LogP contribution < -0.4 is 16.7 Å². The van der Waals surface area contributed by atoms with Crippen molar-refractivity contribution in [3.05, 3.63) is 139 Å². The molecule has 0 spiro atoms. The van der Waals surface area contributed by atoms with Gasteiger partial charge in [0.2, 0.25) is 5.95 Å². The van der Waals surface area contributed by atoms with Crippen molar-refractivity contribution in [1.29, 1.82) is 0 Å². The van der Waals surface area contributed by atoms with Crippen molar-refractivity contribution in [2.75, 3.05) is 5.32 Å². The molecule has 0 fully saturated rings. The van der Waals surface area contributed by atoms with Crippen molar-refractivity contribution in [3.8, 4) is 5.69 Å². The van der Waals surface area contributed by atoms with E-state index in [0.29, 0.717) is 27.9 Å². The Morgan fingerprint density at radius 3 is 2.49 bits per heavy atom. The van der Waals surface area contributed by atoms with Gasteiger partial charge in [-0.15, -0.1) is 0 Å². The number of pyridine rings is 1. The van der Waals surface area contributed by atoms with Gasteiger partial charge in [-0.2, -0.15) is 10.1 Å². The molecular formula is C32H26ClF2N7O3. The van der Waals surface area contributed by atoms with Crippen LogP contribution in [0.25, 0.3) is 16.6 Å². The fourth-order valence-corrected chi connectivity index (χ4v) is 5.37. The number of nitrogens with one attached hydrogen (secondary N) is 1. The minimum atomic E-state index is -1.10. The van der Waals surface area contributed by atoms with E-state index in [-0.39, 0.29) is 41.8 Å². The Morgan fingerprint density at radius 1 is 0.978 bits per heavy atom. The second-order valence-corrected chi connectivity index (χ2v) is 11.1. The first-order chi connectivity index (χ1) is 21.6. The van der Waals surface area contributed by atoms with Gasteiger partial charge in [0, 0.05) is 24.8 Å². The lowest BCUT2D eigenvalue weighted by Gasteiger charge is -2.18. The number of anilines is 2. The zero-order valence-electron chi connectivity index (χ0n) is 24.1. The maximum absolute atomic E-state index is 14.7. The Kier molecular flexibility index (Phi) is 8.00. The summed E-state index contributed by atoms with van der Waals surface area (Å²) in [5, 5.41) is 17.9. The third-order valence-corrected chi connectivity index (χ3v) is 7.60. The number of aliphatic hydroxyl groups is 1. The zero-order valence-corrected chi connectivity index (χ0v) is 24.9. The summed E-state index contributed by atoms with van der Waals surface area (Å²) in [5.74, 6) is -2.32. The molecule has 3 heterocycles. The molecule has 2 N–H and O–H groups in total. The molecule has 0 amide bonds. The topological polar surface area (TPSA) is 120 Å². The molecule has 0 aliphatic carbocycles. The first kappa shape index (κ1) is 29.9. The molecule has 0 aliphatic rings. The van der Waals surface area contributed by atoms with Crippen LogP contribution in [0.3, 0.4) is 0 Å². The Bertz CT molecular complexity index is 2210. The monoisotopic (exact) mass is 629 g/mol. The third-order valence-electron chi connectivity index (χ3n) is 7.28. The van der Waals surface area contributed by atoms with E-state index in [0.717, 1.165) is 32.2 Å². The van der Waals surface area contributed by atoms with Crippen molar-refractivity contribution in [2.45, 2.75) is 26.5 Å². The second kappa shape index (κ2) is 12.1. The van der Waals surface area contributed by atoms with Crippen LogP contribution in [0.4, 0.5) is 20.4 Å². The van der Waals surface area contributed by atoms with Gasteiger partial charge in [0.15, 0.2) is 11.6 Å². The molecule has 228 valence electrons. The van der Waals surface area contributed by atoms with Gasteiger partial charge in [0.25, 0.3) is 0 Å². The molecule has 0 saturated heterocycles. The van der Waals surface area contributed by atoms with Crippen molar-refractivity contribution < 1.29 is 13.9 Å². The molecule has 3 aromatic carbocycles. The van der Waals surface area contributed by atoms with Gasteiger partial charge in [-0.3, -0.25) is 14.2 Å². The number of aryl methyl sites for hydroxylation is 2. The number of aromatic nitrogens is 6. The van der Waals surface area contributed by atoms with Crippen molar-refractivity contribution in [2.24, 2.45) is 7.05 Å². The van der Waals surface area contributed by atoms with Gasteiger partial charge in [0.05, 0.1) is 41.3 Å². The second-order valence-electron chi connectivity index (χ2n) is 10.7. The molecule has 0 atom stereocenters. The van der Waals surface area contributed by atoms with Crippen LogP contribution in [-0.2, 0) is 26.6 Å². The Hall–Kier alpha value is -5.20. The van der Waals surface area contributed by atoms with Crippen molar-refractivity contribution in [1.82, 2.24) is 28.9 Å². The molecule has 0 aliphatic heterocycles. The maximum atomic E-state index is 14.7. The number of hydrogen-bond donors (Lipinski definition) is 2. The summed E-state index contributed by atoms with van der Waals surface area (Å²) in [6.07, 6.45) is 4.89. The number of aliphatic hydroxyl groups excluding tert-OH is 1. The molecule has 6 aromatic rings. The van der Waals surface area contributed by atoms with Crippen LogP contribution in [-0.4, -0.2) is 34.0 Å². The van der Waals surface area contributed by atoms with Crippen LogP contribution >= 0.6 is 11.6 Å². The average Bonchev–Trinajstić information content (AvgIpc) is 3.36. The molecule has 45 heavy (non-hydrogen) atoms. The summed E-state index contributed by atoms with van der Waals surface area (Å²) in [7, 11) is 1.76. The molecule has 0 bridgehead atoms. The lowest BCUT2D eigenvalue weighted by Crippen LogP contribution is -2.42. The predicted octanol–water partition coefficient (Wildman–Crippen LogP) is 4.79. The van der Waals surface area contributed by atoms with Gasteiger partial charge >= 0.3 is 11.4 Å². The molecule has 10 nitrogen and oxygen atoms in total. The number of hydrogen-bond acceptors (Lipinski definition) is 7. The van der Waals surface area contributed by atoms with E-state index in [1.807, 2.05) is 0 Å². The highest BCUT2D eigenvalue weighted by Crippen LogP contribution is 2.30. The van der Waals surface area contributed by atoms with Crippen LogP contribution in [0.5, 0.6) is 0 Å². The number of fused-ring (bicyclic) bond motifs is 1. The third kappa shape index (κ3) is 6.10. The highest BCUT2D eigenvalue weighted by Gasteiger charge is 2.20. The average molecular weight is 630 g/mol. The van der Waals surface area contributed by atoms with Crippen LogP contribution in [0, 0.1) is 18.6 Å². The SMILES string of the molecule is Cc1cncc(-n2c(=O)nc(Nc3cc4cn(C)nc4cc3Cl)n(Cc3cc(F)c(F)cc3Cc3cccc(CO)c3)c2=O)c1. The zero-order chi connectivity index (χ0) is 31.8. The predicted molar refractivity (Wildman–Crippen MR) is 166 cm³/mol. The largest absolute Gasteiger partial charge is 0.392 e. The molecule has 13 heteroatoms. The van der Waals surface area contributed by atoms with Gasteiger partial charge in [-0.25, -0.2) is 22.9 Å². The van der Waals surface area contributed by atoms with E-state index in [9.17, 15) is 23.5 Å². The molecule has 0 saturated carbocycles. The van der Waals surface area contributed by atoms with Crippen LogP contribution in [0.15, 0.2) is 82.8 Å². The van der Waals surface area contributed by atoms with E-state index in [4.69, 9.17) is 11.6 Å². The maximum Gasteiger partial charge on any atom is 0.359 e. The Balaban J connectivity index is 1.51. The summed E-state index contributed by atoms with van der Waals surface area (Å²) in [6, 6.07) is 14.1. The molecule has 6 rings (SSSR count). The molecule has 0 unspecified atom stereocenters. The molecule has 0 radical (unpaired) electrons. The van der Waals surface area contributed by atoms with E-state index in [1.54, 1.807) is 73.5 Å². The minimum Gasteiger partial charge on any atom is -0.392 e. The normalized spacial score (nSPS) is 11.3. The summed E-state index contributed by atoms with van der Waals surface area (Å²) >= 11 is 6.55. The van der Waals surface area contributed by atoms with Gasteiger partial charge < -0.3 is 10.4 Å². The van der Waals surface area contributed by atoms with Crippen LogP contribution in [0.2, 0.25) is 5.02 Å². The van der Waals surface area contributed by atoms with Crippen molar-refractivity contribution >= 4 is 34.1 Å². The number of nitrogens with zero attached hydrogens (tertiary/aromatic N) is 6. The van der Waals surface area contributed by atoms with Gasteiger partial charge in [0.1, 0.15) is 0 Å². The Morgan fingerprint density at radius 2 is 1.73 bits per heavy atom. The van der Waals surface area contributed by atoms with Crippen molar-refractivity contribution in [3.63, 3.8) is 0 Å². The fourth-order valence-electron chi connectivity index (χ4n) is 5.17. The van der Waals surface area contributed by atoms with E-state index >= 15 is 0 Å². The highest BCUT2D eigenvalue weighted by molar-refractivity contribution is 6.34. The van der Waals surface area contributed by atoms with Gasteiger partial charge in [-0.05, 0) is 71.5 Å². The van der Waals surface area contributed by atoms with E-state index in [1.165, 1.54) is 6.20 Å². The highest BCUT2D eigenvalue weighted by atomic mass is 35.5. The standard InChI is InChI=1S/C32H26ClF2N7O3/c1-18-6-24(14-36-13-18)42-31(44)38-30(37-29-11-23-15-40(2)39-28(23)12-25(29)33)41(32(42)45)16-22-10-27(35)26(34)9-21(22)8-19-4-3-5-20(7-19)17-43/h3-7,9-15,43H,8,16-17H2,1-2H3,(H,37,38,44). The molecule has 3 aromatic heterocycles. The smallest absolute Gasteiger partial charge is 0.359 e. The lowest BCUT2D eigenvalue weighted by molar-refractivity contribution is 0.281. The lowest BCUT2D eigenvalue weighted by atomic mass is 9.98. The fraction of sp³-hybridized carbons (Fsp3) is 0.156. The van der Waals surface area contributed by atoms with E-state index < -0.39 is 23.0 Å². The summed E-state index contributed by atoms with van der Waals surface area (Å²) in [4.78, 5) is 35.7. The quantitative estimate of drug-likeness (QED) is 0.248. The first-order valence-corrected chi connectivity index (χ1v) is 14.2. The Labute approximate surface area is 259 Å². The summed E-state index contributed by atoms with van der Waals surface area (Å²) in [5.41, 5.74) is 2.28. The minimum absolute atomic E-state index is 0.162. The van der Waals surface area contributed by atoms with Crippen LogP contribution in [0.1, 0.15) is 27.8 Å². The number of rotatable bonds is 8. The summed E-state index contributed by atoms with van der Waals surface area (Å²) < 4.78 is 32.9. The molecular weight excluding hydrogens is 604 g/mol. The number of benzene rings is 3. The van der Waals surface area contributed by atoms with Gasteiger partial charge in [-0.1, -0.05) is 35.9 Å². The first-order valence-electron chi connectivity index (χ1n) is 13.8.